The highest BCUT2D eigenvalue weighted by Crippen LogP contribution is 2.29. The monoisotopic (exact) mass is 298 g/mol. The first-order valence-electron chi connectivity index (χ1n) is 6.71. The second-order valence-corrected chi connectivity index (χ2v) is 6.88. The fourth-order valence-electron chi connectivity index (χ4n) is 2.54. The first-order chi connectivity index (χ1) is 9.30. The number of hydrogen-bond donors (Lipinski definition) is 2. The number of piperazine rings is 1. The Hall–Kier alpha value is -1.31. The van der Waals surface area contributed by atoms with Crippen LogP contribution in [0.25, 0.3) is 0 Å². The Morgan fingerprint density at radius 2 is 1.75 bits per heavy atom. The highest BCUT2D eigenvalue weighted by atomic mass is 32.2. The van der Waals surface area contributed by atoms with Crippen LogP contribution in [0.5, 0.6) is 0 Å². The minimum absolute atomic E-state index is 0.00119. The third-order valence-corrected chi connectivity index (χ3v) is 4.70. The molecule has 0 atom stereocenters. The van der Waals surface area contributed by atoms with Crippen LogP contribution >= 0.6 is 0 Å². The van der Waals surface area contributed by atoms with Crippen molar-refractivity contribution in [3.8, 4) is 0 Å². The van der Waals surface area contributed by atoms with E-state index in [1.165, 1.54) is 6.07 Å². The van der Waals surface area contributed by atoms with Crippen molar-refractivity contribution in [2.45, 2.75) is 24.8 Å². The summed E-state index contributed by atoms with van der Waals surface area (Å²) in [7, 11) is -3.78. The molecule has 0 bridgehead atoms. The predicted octanol–water partition coefficient (Wildman–Crippen LogP) is 0.447. The lowest BCUT2D eigenvalue weighted by Gasteiger charge is -2.38. The van der Waals surface area contributed by atoms with Gasteiger partial charge in [0.15, 0.2) is 0 Å². The van der Waals surface area contributed by atoms with E-state index in [9.17, 15) is 8.42 Å². The normalized spacial score (nSPS) is 17.7. The van der Waals surface area contributed by atoms with Crippen LogP contribution < -0.4 is 15.8 Å². The molecule has 0 spiro atoms. The molecule has 1 aromatic carbocycles. The molecular formula is C13H22N4O2S. The molecule has 0 unspecified atom stereocenters. The van der Waals surface area contributed by atoms with E-state index in [4.69, 9.17) is 10.9 Å². The van der Waals surface area contributed by atoms with Crippen LogP contribution in [-0.2, 0) is 10.0 Å². The molecule has 1 fully saturated rings. The summed E-state index contributed by atoms with van der Waals surface area (Å²) >= 11 is 0. The molecule has 0 saturated carbocycles. The zero-order valence-electron chi connectivity index (χ0n) is 11.9. The van der Waals surface area contributed by atoms with E-state index >= 15 is 0 Å². The summed E-state index contributed by atoms with van der Waals surface area (Å²) in [5.41, 5.74) is 6.97. The molecule has 1 aliphatic rings. The molecule has 1 aromatic rings. The highest BCUT2D eigenvalue weighted by Gasteiger charge is 2.22. The summed E-state index contributed by atoms with van der Waals surface area (Å²) in [4.78, 5) is 4.50. The van der Waals surface area contributed by atoms with Gasteiger partial charge in [0.1, 0.15) is 4.90 Å². The van der Waals surface area contributed by atoms with Gasteiger partial charge in [-0.15, -0.1) is 0 Å². The summed E-state index contributed by atoms with van der Waals surface area (Å²) in [5.74, 6) is 0. The number of hydrogen-bond acceptors (Lipinski definition) is 5. The number of nitrogens with two attached hydrogens (primary N) is 2. The maximum atomic E-state index is 11.5. The lowest BCUT2D eigenvalue weighted by Crippen LogP contribution is -2.49. The molecular weight excluding hydrogens is 276 g/mol. The Kier molecular flexibility index (Phi) is 4.22. The van der Waals surface area contributed by atoms with Gasteiger partial charge in [-0.2, -0.15) is 0 Å². The van der Waals surface area contributed by atoms with Crippen LogP contribution in [0.15, 0.2) is 23.1 Å². The fourth-order valence-corrected chi connectivity index (χ4v) is 3.21. The van der Waals surface area contributed by atoms with E-state index in [1.54, 1.807) is 6.07 Å². The second-order valence-electron chi connectivity index (χ2n) is 5.35. The van der Waals surface area contributed by atoms with Crippen molar-refractivity contribution in [2.75, 3.05) is 36.8 Å². The molecule has 0 aromatic heterocycles. The largest absolute Gasteiger partial charge is 0.396 e. The van der Waals surface area contributed by atoms with Crippen LogP contribution in [0.4, 0.5) is 11.4 Å². The number of para-hydroxylation sites is 1. The van der Waals surface area contributed by atoms with Crippen LogP contribution in [0, 0.1) is 0 Å². The molecule has 1 heterocycles. The Bertz CT molecular complexity index is 578. The van der Waals surface area contributed by atoms with Crippen molar-refractivity contribution >= 4 is 21.4 Å². The topological polar surface area (TPSA) is 92.7 Å². The van der Waals surface area contributed by atoms with Gasteiger partial charge in [0.05, 0.1) is 11.4 Å². The average molecular weight is 298 g/mol. The molecule has 0 radical (unpaired) electrons. The lowest BCUT2D eigenvalue weighted by molar-refractivity contribution is 0.209. The van der Waals surface area contributed by atoms with Crippen molar-refractivity contribution in [1.82, 2.24) is 4.90 Å². The molecule has 112 valence electrons. The van der Waals surface area contributed by atoms with Gasteiger partial charge < -0.3 is 10.6 Å². The SMILES string of the molecule is CC(C)N1CCN(c2cccc(S(N)(=O)=O)c2N)CC1. The molecule has 0 aliphatic carbocycles. The zero-order valence-corrected chi connectivity index (χ0v) is 12.7. The van der Waals surface area contributed by atoms with Gasteiger partial charge in [0.25, 0.3) is 0 Å². The summed E-state index contributed by atoms with van der Waals surface area (Å²) in [6.07, 6.45) is 0. The van der Waals surface area contributed by atoms with Crippen molar-refractivity contribution < 1.29 is 8.42 Å². The number of rotatable bonds is 3. The number of sulfonamides is 1. The third-order valence-electron chi connectivity index (χ3n) is 3.73. The van der Waals surface area contributed by atoms with Crippen LogP contribution in [0.3, 0.4) is 0 Å². The maximum Gasteiger partial charge on any atom is 0.240 e. The predicted molar refractivity (Wildman–Crippen MR) is 81.1 cm³/mol. The molecule has 2 rings (SSSR count). The fraction of sp³-hybridized carbons (Fsp3) is 0.538. The van der Waals surface area contributed by atoms with Gasteiger partial charge in [-0.05, 0) is 26.0 Å². The van der Waals surface area contributed by atoms with E-state index in [1.807, 2.05) is 6.07 Å². The minimum atomic E-state index is -3.78. The summed E-state index contributed by atoms with van der Waals surface area (Å²) in [6.45, 7) is 7.89. The van der Waals surface area contributed by atoms with Gasteiger partial charge in [0, 0.05) is 32.2 Å². The number of nitrogen functional groups attached to an aromatic ring is 1. The third kappa shape index (κ3) is 3.05. The first kappa shape index (κ1) is 15.1. The Balaban J connectivity index is 2.23. The number of nitrogens with zero attached hydrogens (tertiary/aromatic N) is 2. The molecule has 1 saturated heterocycles. The Morgan fingerprint density at radius 3 is 2.25 bits per heavy atom. The van der Waals surface area contributed by atoms with E-state index in [2.05, 4.69) is 23.6 Å². The van der Waals surface area contributed by atoms with Crippen molar-refractivity contribution in [2.24, 2.45) is 5.14 Å². The number of anilines is 2. The van der Waals surface area contributed by atoms with Gasteiger partial charge in [-0.25, -0.2) is 13.6 Å². The van der Waals surface area contributed by atoms with E-state index in [-0.39, 0.29) is 10.6 Å². The van der Waals surface area contributed by atoms with E-state index in [0.717, 1.165) is 31.9 Å². The second kappa shape index (κ2) is 5.59. The maximum absolute atomic E-state index is 11.5. The highest BCUT2D eigenvalue weighted by molar-refractivity contribution is 7.89. The molecule has 20 heavy (non-hydrogen) atoms. The van der Waals surface area contributed by atoms with Crippen molar-refractivity contribution in [3.05, 3.63) is 18.2 Å². The minimum Gasteiger partial charge on any atom is -0.396 e. The molecule has 0 amide bonds. The first-order valence-corrected chi connectivity index (χ1v) is 8.25. The molecule has 4 N–H and O–H groups in total. The Morgan fingerprint density at radius 1 is 1.15 bits per heavy atom. The smallest absolute Gasteiger partial charge is 0.240 e. The Labute approximate surface area is 120 Å². The standard InChI is InChI=1S/C13H22N4O2S/c1-10(2)16-6-8-17(9-7-16)11-4-3-5-12(13(11)14)20(15,18)19/h3-5,10H,6-9,14H2,1-2H3,(H2,15,18,19). The van der Waals surface area contributed by atoms with Crippen molar-refractivity contribution in [3.63, 3.8) is 0 Å². The van der Waals surface area contributed by atoms with Gasteiger partial charge in [-0.3, -0.25) is 4.90 Å². The van der Waals surface area contributed by atoms with Gasteiger partial charge >= 0.3 is 0 Å². The molecule has 6 nitrogen and oxygen atoms in total. The summed E-state index contributed by atoms with van der Waals surface area (Å²) in [6, 6.07) is 5.48. The van der Waals surface area contributed by atoms with Crippen LogP contribution in [0.2, 0.25) is 0 Å². The van der Waals surface area contributed by atoms with Gasteiger partial charge in [-0.1, -0.05) is 6.07 Å². The van der Waals surface area contributed by atoms with Crippen LogP contribution in [0.1, 0.15) is 13.8 Å². The lowest BCUT2D eigenvalue weighted by atomic mass is 10.2. The van der Waals surface area contributed by atoms with E-state index in [0.29, 0.717) is 6.04 Å². The van der Waals surface area contributed by atoms with Crippen LogP contribution in [-0.4, -0.2) is 45.5 Å². The average Bonchev–Trinajstić information content (AvgIpc) is 2.37. The van der Waals surface area contributed by atoms with E-state index < -0.39 is 10.0 Å². The summed E-state index contributed by atoms with van der Waals surface area (Å²) in [5, 5.41) is 5.18. The van der Waals surface area contributed by atoms with Gasteiger partial charge in [0.2, 0.25) is 10.0 Å². The van der Waals surface area contributed by atoms with Crippen molar-refractivity contribution in [1.29, 1.82) is 0 Å². The molecule has 1 aliphatic heterocycles. The number of primary sulfonamides is 1. The molecule has 7 heteroatoms. The quantitative estimate of drug-likeness (QED) is 0.790. The zero-order chi connectivity index (χ0) is 14.9. The summed E-state index contributed by atoms with van der Waals surface area (Å²) < 4.78 is 23.0. The number of benzene rings is 1.